The molecule has 4 saturated carbocycles. The normalized spacial score (nSPS) is 27.9. The second-order valence-corrected chi connectivity index (χ2v) is 27.6. The number of hydrogen-bond donors (Lipinski definition) is 0. The average molecular weight is 603 g/mol. The van der Waals surface area contributed by atoms with Gasteiger partial charge < -0.3 is 0 Å². The zero-order valence-electron chi connectivity index (χ0n) is 25.5. The molecule has 0 N–H and O–H groups in total. The summed E-state index contributed by atoms with van der Waals surface area (Å²) in [6.45, 7) is 15.4. The van der Waals surface area contributed by atoms with Crippen molar-refractivity contribution in [2.45, 2.75) is 83.0 Å². The van der Waals surface area contributed by atoms with Crippen LogP contribution in [0.15, 0.2) is 60.9 Å². The second-order valence-electron chi connectivity index (χ2n) is 15.1. The van der Waals surface area contributed by atoms with E-state index in [0.717, 1.165) is 29.8 Å². The summed E-state index contributed by atoms with van der Waals surface area (Å²) in [5.74, 6) is 3.63. The molecule has 0 saturated heterocycles. The van der Waals surface area contributed by atoms with Crippen molar-refractivity contribution < 1.29 is 0 Å². The van der Waals surface area contributed by atoms with E-state index < -0.39 is 24.1 Å². The smallest absolute Gasteiger partial charge is 0.0774 e. The van der Waals surface area contributed by atoms with Crippen LogP contribution in [-0.4, -0.2) is 32.3 Å². The van der Waals surface area contributed by atoms with Crippen molar-refractivity contribution in [3.05, 3.63) is 72.1 Å². The molecule has 212 valence electrons. The highest BCUT2D eigenvalue weighted by Crippen LogP contribution is 2.64. The predicted octanol–water partition coefficient (Wildman–Crippen LogP) is 6.77. The highest BCUT2D eigenvalue weighted by molar-refractivity contribution is 7.71. The Balaban J connectivity index is 1.58. The van der Waals surface area contributed by atoms with Gasteiger partial charge in [-0.2, -0.15) is 0 Å². The van der Waals surface area contributed by atoms with Crippen LogP contribution in [0.25, 0.3) is 0 Å². The molecule has 1 aromatic carbocycles. The molecule has 1 unspecified atom stereocenters. The fraction of sp³-hybridized carbons (Fsp3) is 0.529. The summed E-state index contributed by atoms with van der Waals surface area (Å²) in [6, 6.07) is 18.5. The van der Waals surface area contributed by atoms with E-state index in [1.165, 1.54) is 49.1 Å². The Morgan fingerprint density at radius 2 is 1.25 bits per heavy atom. The van der Waals surface area contributed by atoms with Crippen molar-refractivity contribution in [2.75, 3.05) is 6.16 Å². The Morgan fingerprint density at radius 3 is 1.68 bits per heavy atom. The molecule has 4 aliphatic carbocycles. The van der Waals surface area contributed by atoms with Crippen molar-refractivity contribution in [3.8, 4) is 0 Å². The topological polar surface area (TPSA) is 25.8 Å². The lowest BCUT2D eigenvalue weighted by molar-refractivity contribution is -0.0502. The third-order valence-corrected chi connectivity index (χ3v) is 17.8. The minimum Gasteiger partial charge on any atom is -0.256 e. The third-order valence-electron chi connectivity index (χ3n) is 10.5. The quantitative estimate of drug-likeness (QED) is 0.210. The summed E-state index contributed by atoms with van der Waals surface area (Å²) in [4.78, 5) is 9.86. The van der Waals surface area contributed by atoms with E-state index in [9.17, 15) is 0 Å². The molecule has 4 aliphatic rings. The van der Waals surface area contributed by atoms with Crippen molar-refractivity contribution in [1.29, 1.82) is 0 Å². The number of rotatable bonds is 8. The highest BCUT2D eigenvalue weighted by Gasteiger charge is 2.57. The summed E-state index contributed by atoms with van der Waals surface area (Å²) >= 11 is 0. The molecule has 4 fully saturated rings. The van der Waals surface area contributed by atoms with Gasteiger partial charge in [0.05, 0.1) is 27.0 Å². The summed E-state index contributed by atoms with van der Waals surface area (Å²) < 4.78 is 0. The van der Waals surface area contributed by atoms with Crippen LogP contribution in [0.3, 0.4) is 0 Å². The molecule has 2 nitrogen and oxygen atoms in total. The summed E-state index contributed by atoms with van der Waals surface area (Å²) in [5.41, 5.74) is 6.06. The van der Waals surface area contributed by atoms with Crippen LogP contribution in [-0.2, 0) is 11.6 Å². The number of pyridine rings is 2. The van der Waals surface area contributed by atoms with Crippen LogP contribution in [0.4, 0.5) is 0 Å². The minimum atomic E-state index is -1.56. The SMILES string of the molecule is C[Si](C)(C)c1cc(CP(c2ccccn2)c2ccccn2)c(C2(CP)C3CC4CC(C3)CC2C4)cc1[Si](C)(C)C. The highest BCUT2D eigenvalue weighted by atomic mass is 31.1. The van der Waals surface area contributed by atoms with Crippen LogP contribution >= 0.6 is 17.2 Å². The van der Waals surface area contributed by atoms with Gasteiger partial charge in [0.15, 0.2) is 0 Å². The van der Waals surface area contributed by atoms with Crippen LogP contribution in [0.5, 0.6) is 0 Å². The number of benzene rings is 1. The van der Waals surface area contributed by atoms with Gasteiger partial charge in [-0.1, -0.05) is 73.9 Å². The predicted molar refractivity (Wildman–Crippen MR) is 184 cm³/mol. The van der Waals surface area contributed by atoms with Gasteiger partial charge in [0.1, 0.15) is 0 Å². The molecule has 7 rings (SSSR count). The average Bonchev–Trinajstić information content (AvgIpc) is 2.91. The van der Waals surface area contributed by atoms with E-state index in [0.29, 0.717) is 5.41 Å². The largest absolute Gasteiger partial charge is 0.256 e. The Hall–Kier alpha value is -1.19. The van der Waals surface area contributed by atoms with Gasteiger partial charge in [0, 0.05) is 31.9 Å². The van der Waals surface area contributed by atoms with Crippen LogP contribution in [0.1, 0.15) is 43.2 Å². The van der Waals surface area contributed by atoms with Gasteiger partial charge in [-0.3, -0.25) is 9.97 Å². The van der Waals surface area contributed by atoms with Crippen LogP contribution in [0.2, 0.25) is 39.3 Å². The first-order valence-electron chi connectivity index (χ1n) is 15.5. The van der Waals surface area contributed by atoms with Crippen molar-refractivity contribution >= 4 is 54.6 Å². The Morgan fingerprint density at radius 1 is 0.750 bits per heavy atom. The van der Waals surface area contributed by atoms with Gasteiger partial charge in [0.2, 0.25) is 0 Å². The minimum absolute atomic E-state index is 0.301. The lowest BCUT2D eigenvalue weighted by Crippen LogP contribution is -2.60. The monoisotopic (exact) mass is 602 g/mol. The van der Waals surface area contributed by atoms with Gasteiger partial charge in [-0.05, 0) is 97.3 Å². The molecular weight excluding hydrogens is 555 g/mol. The summed E-state index contributed by atoms with van der Waals surface area (Å²) in [7, 11) is -0.525. The number of nitrogens with zero attached hydrogens (tertiary/aromatic N) is 2. The second kappa shape index (κ2) is 10.8. The van der Waals surface area contributed by atoms with Gasteiger partial charge in [-0.25, -0.2) is 0 Å². The maximum absolute atomic E-state index is 4.93. The molecule has 2 heterocycles. The summed E-state index contributed by atoms with van der Waals surface area (Å²) in [6.07, 6.45) is 13.5. The lowest BCUT2D eigenvalue weighted by atomic mass is 9.44. The maximum atomic E-state index is 4.93. The van der Waals surface area contributed by atoms with Crippen molar-refractivity contribution in [3.63, 3.8) is 0 Å². The molecule has 0 aliphatic heterocycles. The maximum Gasteiger partial charge on any atom is 0.0774 e. The molecule has 0 amide bonds. The first-order chi connectivity index (χ1) is 19.0. The molecule has 3 aromatic rings. The molecule has 1 atom stereocenters. The molecular formula is C34H48N2P2Si2. The van der Waals surface area contributed by atoms with Crippen LogP contribution < -0.4 is 21.2 Å². The van der Waals surface area contributed by atoms with E-state index in [2.05, 4.69) is 84.9 Å². The first-order valence-corrected chi connectivity index (χ1v) is 24.8. The Kier molecular flexibility index (Phi) is 7.82. The standard InChI is InChI=1S/C34H48N2P2Si2/c1-39(2,3)30-20-26(22-38(32-11-7-9-13-35-32)33-12-8-10-14-36-33)29(21-31(30)40(4,5)6)34(23-37)27-16-24-15-25(18-27)19-28(34)17-24/h7-14,20-21,24-25,27-28H,15-19,22-23,37H2,1-6H3. The molecule has 0 radical (unpaired) electrons. The molecule has 2 aromatic heterocycles. The van der Waals surface area contributed by atoms with Gasteiger partial charge in [-0.15, -0.1) is 9.24 Å². The zero-order valence-corrected chi connectivity index (χ0v) is 29.5. The lowest BCUT2D eigenvalue weighted by Gasteiger charge is -2.62. The van der Waals surface area contributed by atoms with E-state index in [1.54, 1.807) is 21.5 Å². The van der Waals surface area contributed by atoms with Gasteiger partial charge >= 0.3 is 0 Å². The van der Waals surface area contributed by atoms with E-state index in [4.69, 9.17) is 9.97 Å². The van der Waals surface area contributed by atoms with E-state index in [-0.39, 0.29) is 0 Å². The van der Waals surface area contributed by atoms with Crippen molar-refractivity contribution in [2.24, 2.45) is 23.7 Å². The summed E-state index contributed by atoms with van der Waals surface area (Å²) in [5, 5.41) is 3.46. The number of aromatic nitrogens is 2. The first kappa shape index (κ1) is 28.9. The number of hydrogen-bond acceptors (Lipinski definition) is 2. The molecule has 4 bridgehead atoms. The third kappa shape index (κ3) is 5.14. The van der Waals surface area contributed by atoms with Gasteiger partial charge in [0.25, 0.3) is 0 Å². The van der Waals surface area contributed by atoms with Crippen LogP contribution in [0, 0.1) is 23.7 Å². The molecule has 0 spiro atoms. The van der Waals surface area contributed by atoms with E-state index >= 15 is 0 Å². The zero-order chi connectivity index (χ0) is 28.3. The molecule has 6 heteroatoms. The Labute approximate surface area is 248 Å². The Bertz CT molecular complexity index is 1280. The fourth-order valence-electron chi connectivity index (χ4n) is 8.83. The van der Waals surface area contributed by atoms with Crippen molar-refractivity contribution in [1.82, 2.24) is 9.97 Å². The molecule has 40 heavy (non-hydrogen) atoms. The fourth-order valence-corrected chi connectivity index (χ4v) is 17.0. The van der Waals surface area contributed by atoms with E-state index in [1.807, 2.05) is 24.5 Å².